The maximum Gasteiger partial charge on any atom is 0.237 e. The summed E-state index contributed by atoms with van der Waals surface area (Å²) in [4.78, 5) is 13.5. The largest absolute Gasteiger partial charge is 0.368 e. The van der Waals surface area contributed by atoms with Gasteiger partial charge in [0, 0.05) is 12.6 Å². The van der Waals surface area contributed by atoms with Crippen LogP contribution in [0.1, 0.15) is 26.2 Å². The molecule has 1 aliphatic rings. The Kier molecular flexibility index (Phi) is 3.50. The molecule has 0 spiro atoms. The van der Waals surface area contributed by atoms with Gasteiger partial charge in [-0.05, 0) is 40.3 Å². The monoisotopic (exact) mass is 199 g/mol. The predicted octanol–water partition coefficient (Wildman–Crippen LogP) is -0.0659. The molecular weight excluding hydrogens is 178 g/mol. The van der Waals surface area contributed by atoms with Crippen molar-refractivity contribution < 1.29 is 4.79 Å². The zero-order valence-electron chi connectivity index (χ0n) is 9.34. The van der Waals surface area contributed by atoms with Gasteiger partial charge in [-0.3, -0.25) is 4.79 Å². The van der Waals surface area contributed by atoms with Crippen LogP contribution in [0.2, 0.25) is 0 Å². The molecule has 4 heteroatoms. The Morgan fingerprint density at radius 3 is 2.57 bits per heavy atom. The van der Waals surface area contributed by atoms with Crippen molar-refractivity contribution in [2.45, 2.75) is 37.8 Å². The number of primary amides is 1. The molecule has 1 rings (SSSR count). The summed E-state index contributed by atoms with van der Waals surface area (Å²) in [6, 6.07) is 0.740. The van der Waals surface area contributed by atoms with E-state index in [9.17, 15) is 4.79 Å². The van der Waals surface area contributed by atoms with Crippen molar-refractivity contribution in [3.8, 4) is 0 Å². The highest BCUT2D eigenvalue weighted by Gasteiger charge is 2.31. The Labute approximate surface area is 85.8 Å². The van der Waals surface area contributed by atoms with Crippen molar-refractivity contribution in [3.63, 3.8) is 0 Å². The van der Waals surface area contributed by atoms with Crippen molar-refractivity contribution in [1.82, 2.24) is 10.2 Å². The minimum absolute atomic E-state index is 0.274. The number of nitrogens with zero attached hydrogens (tertiary/aromatic N) is 1. The highest BCUT2D eigenvalue weighted by atomic mass is 16.1. The number of nitrogens with one attached hydrogen (secondary N) is 1. The lowest BCUT2D eigenvalue weighted by molar-refractivity contribution is -0.124. The van der Waals surface area contributed by atoms with Crippen LogP contribution in [0.4, 0.5) is 0 Å². The molecule has 1 unspecified atom stereocenters. The van der Waals surface area contributed by atoms with Gasteiger partial charge in [-0.1, -0.05) is 0 Å². The summed E-state index contributed by atoms with van der Waals surface area (Å²) in [6.07, 6.45) is 3.36. The van der Waals surface area contributed by atoms with Crippen LogP contribution >= 0.6 is 0 Å². The zero-order chi connectivity index (χ0) is 10.8. The van der Waals surface area contributed by atoms with Crippen LogP contribution in [0.5, 0.6) is 0 Å². The Balaban J connectivity index is 2.36. The third-order valence-corrected chi connectivity index (χ3v) is 3.23. The molecule has 1 aliphatic carbocycles. The SMILES string of the molecule is CNC(C)(CCN(C)C1CC1)C(N)=O. The van der Waals surface area contributed by atoms with E-state index in [2.05, 4.69) is 17.3 Å². The fourth-order valence-electron chi connectivity index (χ4n) is 1.47. The third kappa shape index (κ3) is 2.69. The summed E-state index contributed by atoms with van der Waals surface area (Å²) in [5, 5.41) is 2.99. The molecule has 1 amide bonds. The Morgan fingerprint density at radius 2 is 2.21 bits per heavy atom. The quantitative estimate of drug-likeness (QED) is 0.630. The summed E-state index contributed by atoms with van der Waals surface area (Å²) < 4.78 is 0. The van der Waals surface area contributed by atoms with Gasteiger partial charge in [0.1, 0.15) is 0 Å². The van der Waals surface area contributed by atoms with Crippen LogP contribution in [0.15, 0.2) is 0 Å². The van der Waals surface area contributed by atoms with E-state index < -0.39 is 5.54 Å². The molecule has 1 atom stereocenters. The summed E-state index contributed by atoms with van der Waals surface area (Å²) >= 11 is 0. The smallest absolute Gasteiger partial charge is 0.237 e. The molecule has 3 N–H and O–H groups in total. The second-order valence-electron chi connectivity index (χ2n) is 4.41. The minimum Gasteiger partial charge on any atom is -0.368 e. The third-order valence-electron chi connectivity index (χ3n) is 3.23. The van der Waals surface area contributed by atoms with Crippen LogP contribution in [0, 0.1) is 0 Å². The van der Waals surface area contributed by atoms with Gasteiger partial charge in [-0.2, -0.15) is 0 Å². The lowest BCUT2D eigenvalue weighted by atomic mass is 9.97. The van der Waals surface area contributed by atoms with E-state index in [1.165, 1.54) is 12.8 Å². The summed E-state index contributed by atoms with van der Waals surface area (Å²) in [5.74, 6) is -0.274. The second kappa shape index (κ2) is 4.28. The van der Waals surface area contributed by atoms with Crippen molar-refractivity contribution in [2.75, 3.05) is 20.6 Å². The maximum absolute atomic E-state index is 11.2. The van der Waals surface area contributed by atoms with Crippen LogP contribution < -0.4 is 11.1 Å². The number of hydrogen-bond donors (Lipinski definition) is 2. The number of carbonyl (C=O) groups excluding carboxylic acids is 1. The van der Waals surface area contributed by atoms with E-state index in [0.717, 1.165) is 19.0 Å². The van der Waals surface area contributed by atoms with Gasteiger partial charge >= 0.3 is 0 Å². The molecule has 0 saturated heterocycles. The number of carbonyl (C=O) groups is 1. The predicted molar refractivity (Wildman–Crippen MR) is 56.9 cm³/mol. The highest BCUT2D eigenvalue weighted by molar-refractivity contribution is 5.84. The number of hydrogen-bond acceptors (Lipinski definition) is 3. The topological polar surface area (TPSA) is 58.4 Å². The van der Waals surface area contributed by atoms with E-state index in [4.69, 9.17) is 5.73 Å². The average Bonchev–Trinajstić information content (AvgIpc) is 2.96. The van der Waals surface area contributed by atoms with Gasteiger partial charge in [-0.25, -0.2) is 0 Å². The molecule has 0 aromatic rings. The maximum atomic E-state index is 11.2. The molecule has 1 saturated carbocycles. The van der Waals surface area contributed by atoms with Gasteiger partial charge in [0.25, 0.3) is 0 Å². The lowest BCUT2D eigenvalue weighted by Gasteiger charge is -2.28. The first kappa shape index (κ1) is 11.5. The van der Waals surface area contributed by atoms with Crippen LogP contribution in [0.25, 0.3) is 0 Å². The van der Waals surface area contributed by atoms with Gasteiger partial charge in [0.05, 0.1) is 5.54 Å². The molecule has 1 fully saturated rings. The van der Waals surface area contributed by atoms with E-state index in [1.54, 1.807) is 7.05 Å². The van der Waals surface area contributed by atoms with Crippen molar-refractivity contribution in [3.05, 3.63) is 0 Å². The first-order valence-electron chi connectivity index (χ1n) is 5.18. The average molecular weight is 199 g/mol. The second-order valence-corrected chi connectivity index (χ2v) is 4.41. The van der Waals surface area contributed by atoms with Crippen molar-refractivity contribution in [2.24, 2.45) is 5.73 Å². The van der Waals surface area contributed by atoms with Crippen LogP contribution in [0.3, 0.4) is 0 Å². The van der Waals surface area contributed by atoms with Gasteiger partial charge in [0.15, 0.2) is 0 Å². The highest BCUT2D eigenvalue weighted by Crippen LogP contribution is 2.26. The van der Waals surface area contributed by atoms with E-state index in [0.29, 0.717) is 0 Å². The van der Waals surface area contributed by atoms with E-state index in [-0.39, 0.29) is 5.91 Å². The Morgan fingerprint density at radius 1 is 1.64 bits per heavy atom. The molecule has 82 valence electrons. The first-order valence-corrected chi connectivity index (χ1v) is 5.18. The fourth-order valence-corrected chi connectivity index (χ4v) is 1.47. The number of likely N-dealkylation sites (N-methyl/N-ethyl adjacent to an activating group) is 1. The van der Waals surface area contributed by atoms with Crippen LogP contribution in [-0.4, -0.2) is 43.0 Å². The molecule has 0 heterocycles. The molecular formula is C10H21N3O. The number of rotatable bonds is 6. The van der Waals surface area contributed by atoms with Crippen LogP contribution in [-0.2, 0) is 4.79 Å². The van der Waals surface area contributed by atoms with E-state index >= 15 is 0 Å². The molecule has 0 bridgehead atoms. The summed E-state index contributed by atoms with van der Waals surface area (Å²) in [7, 11) is 3.89. The molecule has 0 aromatic heterocycles. The van der Waals surface area contributed by atoms with Gasteiger partial charge < -0.3 is 16.0 Å². The zero-order valence-corrected chi connectivity index (χ0v) is 9.34. The molecule has 0 radical (unpaired) electrons. The van der Waals surface area contributed by atoms with Gasteiger partial charge in [-0.15, -0.1) is 0 Å². The molecule has 14 heavy (non-hydrogen) atoms. The molecule has 4 nitrogen and oxygen atoms in total. The first-order chi connectivity index (χ1) is 6.49. The Bertz CT molecular complexity index is 215. The number of amides is 1. The summed E-state index contributed by atoms with van der Waals surface area (Å²) in [5.41, 5.74) is 4.77. The summed E-state index contributed by atoms with van der Waals surface area (Å²) in [6.45, 7) is 2.78. The standard InChI is InChI=1S/C10H21N3O/c1-10(12-2,9(11)14)6-7-13(3)8-4-5-8/h8,12H,4-7H2,1-3H3,(H2,11,14). The van der Waals surface area contributed by atoms with E-state index in [1.807, 2.05) is 6.92 Å². The molecule has 0 aromatic carbocycles. The normalized spacial score (nSPS) is 20.9. The number of nitrogens with two attached hydrogens (primary N) is 1. The van der Waals surface area contributed by atoms with Crippen molar-refractivity contribution >= 4 is 5.91 Å². The lowest BCUT2D eigenvalue weighted by Crippen LogP contribution is -2.53. The fraction of sp³-hybridized carbons (Fsp3) is 0.900. The van der Waals surface area contributed by atoms with Crippen molar-refractivity contribution in [1.29, 1.82) is 0 Å². The Hall–Kier alpha value is -0.610. The minimum atomic E-state index is -0.566. The van der Waals surface area contributed by atoms with Gasteiger partial charge in [0.2, 0.25) is 5.91 Å². The molecule has 0 aliphatic heterocycles.